The number of carboxylic acids is 1. The maximum absolute atomic E-state index is 12.8. The summed E-state index contributed by atoms with van der Waals surface area (Å²) in [5.41, 5.74) is 0.994. The molecule has 2 aliphatic heterocycles. The second-order valence-corrected chi connectivity index (χ2v) is 6.54. The third-order valence-electron chi connectivity index (χ3n) is 5.11. The molecule has 0 radical (unpaired) electrons. The van der Waals surface area contributed by atoms with Gasteiger partial charge in [-0.25, -0.2) is 4.79 Å². The molecule has 2 aromatic rings. The van der Waals surface area contributed by atoms with Crippen molar-refractivity contribution >= 4 is 17.8 Å². The number of amides is 2. The van der Waals surface area contributed by atoms with Gasteiger partial charge in [-0.05, 0) is 36.6 Å². The number of aliphatic carboxylic acids is 1. The number of piperidine rings is 1. The number of nitrogens with zero attached hydrogens (tertiary/aromatic N) is 2. The number of carbonyl (C=O) groups is 3. The molecule has 1 aromatic carbocycles. The van der Waals surface area contributed by atoms with Crippen LogP contribution in [-0.4, -0.2) is 51.8 Å². The molecule has 0 saturated carbocycles. The summed E-state index contributed by atoms with van der Waals surface area (Å²) >= 11 is 0. The Morgan fingerprint density at radius 2 is 1.81 bits per heavy atom. The topological polar surface area (TPSA) is 91.1 Å². The van der Waals surface area contributed by atoms with Crippen molar-refractivity contribution in [2.45, 2.75) is 24.9 Å². The Bertz CT molecular complexity index is 853. The minimum atomic E-state index is -1.03. The van der Waals surface area contributed by atoms with Gasteiger partial charge < -0.3 is 19.3 Å². The van der Waals surface area contributed by atoms with Crippen LogP contribution in [0, 0.1) is 0 Å². The smallest absolute Gasteiger partial charge is 0.331 e. The summed E-state index contributed by atoms with van der Waals surface area (Å²) in [4.78, 5) is 40.1. The number of rotatable bonds is 3. The molecule has 2 aliphatic rings. The number of hydrogen-bond donors (Lipinski definition) is 1. The SMILES string of the molecule is O=C(O)C1c2ccccc2C(=O)N1C1CCN(C(=O)c2ccco2)CC1. The van der Waals surface area contributed by atoms with Crippen molar-refractivity contribution in [3.05, 3.63) is 59.5 Å². The van der Waals surface area contributed by atoms with E-state index >= 15 is 0 Å². The maximum Gasteiger partial charge on any atom is 0.331 e. The predicted octanol–water partition coefficient (Wildman–Crippen LogP) is 2.17. The van der Waals surface area contributed by atoms with Gasteiger partial charge in [0.2, 0.25) is 0 Å². The highest BCUT2D eigenvalue weighted by molar-refractivity contribution is 6.03. The van der Waals surface area contributed by atoms with Gasteiger partial charge in [-0.2, -0.15) is 0 Å². The molecule has 1 unspecified atom stereocenters. The largest absolute Gasteiger partial charge is 0.479 e. The van der Waals surface area contributed by atoms with E-state index < -0.39 is 12.0 Å². The molecule has 0 bridgehead atoms. The van der Waals surface area contributed by atoms with Crippen LogP contribution in [0.1, 0.15) is 45.4 Å². The molecular weight excluding hydrogens is 336 g/mol. The fraction of sp³-hybridized carbons (Fsp3) is 0.316. The highest BCUT2D eigenvalue weighted by atomic mass is 16.4. The summed E-state index contributed by atoms with van der Waals surface area (Å²) in [5.74, 6) is -1.17. The summed E-state index contributed by atoms with van der Waals surface area (Å²) in [7, 11) is 0. The van der Waals surface area contributed by atoms with Crippen molar-refractivity contribution in [1.29, 1.82) is 0 Å². The lowest BCUT2D eigenvalue weighted by Gasteiger charge is -2.38. The number of hydrogen-bond acceptors (Lipinski definition) is 4. The van der Waals surface area contributed by atoms with Crippen molar-refractivity contribution < 1.29 is 23.9 Å². The van der Waals surface area contributed by atoms with Crippen LogP contribution in [0.2, 0.25) is 0 Å². The zero-order valence-electron chi connectivity index (χ0n) is 14.0. The molecule has 0 aliphatic carbocycles. The van der Waals surface area contributed by atoms with Crippen LogP contribution in [0.3, 0.4) is 0 Å². The average Bonchev–Trinajstić information content (AvgIpc) is 3.28. The molecule has 0 spiro atoms. The fourth-order valence-corrected chi connectivity index (χ4v) is 3.87. The molecule has 1 atom stereocenters. The maximum atomic E-state index is 12.8. The van der Waals surface area contributed by atoms with Crippen molar-refractivity contribution in [2.24, 2.45) is 0 Å². The van der Waals surface area contributed by atoms with Gasteiger partial charge in [0.1, 0.15) is 0 Å². The molecule has 1 saturated heterocycles. The Morgan fingerprint density at radius 3 is 2.46 bits per heavy atom. The lowest BCUT2D eigenvalue weighted by Crippen LogP contribution is -2.49. The highest BCUT2D eigenvalue weighted by Gasteiger charge is 2.45. The summed E-state index contributed by atoms with van der Waals surface area (Å²) in [6, 6.07) is 8.96. The van der Waals surface area contributed by atoms with Crippen LogP contribution >= 0.6 is 0 Å². The van der Waals surface area contributed by atoms with Crippen molar-refractivity contribution in [2.75, 3.05) is 13.1 Å². The second-order valence-electron chi connectivity index (χ2n) is 6.54. The predicted molar refractivity (Wildman–Crippen MR) is 90.6 cm³/mol. The first-order valence-corrected chi connectivity index (χ1v) is 8.55. The Labute approximate surface area is 149 Å². The van der Waals surface area contributed by atoms with Gasteiger partial charge in [-0.3, -0.25) is 9.59 Å². The van der Waals surface area contributed by atoms with E-state index in [1.54, 1.807) is 41.3 Å². The number of benzene rings is 1. The standard InChI is InChI=1S/C19H18N2O5/c22-17-14-5-2-1-4-13(14)16(19(24)25)21(17)12-7-9-20(10-8-12)18(23)15-6-3-11-26-15/h1-6,11-12,16H,7-10H2,(H,24,25). The minimum Gasteiger partial charge on any atom is -0.479 e. The third kappa shape index (κ3) is 2.56. The van der Waals surface area contributed by atoms with E-state index in [2.05, 4.69) is 0 Å². The van der Waals surface area contributed by atoms with E-state index in [9.17, 15) is 19.5 Å². The van der Waals surface area contributed by atoms with E-state index in [0.717, 1.165) is 0 Å². The third-order valence-corrected chi connectivity index (χ3v) is 5.11. The molecule has 1 N–H and O–H groups in total. The lowest BCUT2D eigenvalue weighted by molar-refractivity contribution is -0.143. The quantitative estimate of drug-likeness (QED) is 0.912. The molecule has 2 amide bonds. The Kier molecular flexibility index (Phi) is 3.99. The van der Waals surface area contributed by atoms with E-state index in [-0.39, 0.29) is 23.6 Å². The fourth-order valence-electron chi connectivity index (χ4n) is 3.87. The van der Waals surface area contributed by atoms with Gasteiger partial charge in [0.05, 0.1) is 6.26 Å². The van der Waals surface area contributed by atoms with Crippen LogP contribution in [0.4, 0.5) is 0 Å². The van der Waals surface area contributed by atoms with Crippen molar-refractivity contribution in [3.63, 3.8) is 0 Å². The van der Waals surface area contributed by atoms with Crippen LogP contribution in [0.25, 0.3) is 0 Å². The molecule has 7 heteroatoms. The van der Waals surface area contributed by atoms with Gasteiger partial charge in [0, 0.05) is 24.7 Å². The van der Waals surface area contributed by atoms with Crippen LogP contribution in [-0.2, 0) is 4.79 Å². The van der Waals surface area contributed by atoms with Crippen LogP contribution < -0.4 is 0 Å². The number of fused-ring (bicyclic) bond motifs is 1. The first kappa shape index (κ1) is 16.4. The van der Waals surface area contributed by atoms with Gasteiger partial charge >= 0.3 is 5.97 Å². The molecule has 4 rings (SSSR count). The molecule has 26 heavy (non-hydrogen) atoms. The minimum absolute atomic E-state index is 0.181. The number of carboxylic acid groups (broad SMARTS) is 1. The van der Waals surface area contributed by atoms with Crippen LogP contribution in [0.15, 0.2) is 47.1 Å². The Morgan fingerprint density at radius 1 is 1.08 bits per heavy atom. The first-order valence-electron chi connectivity index (χ1n) is 8.55. The molecule has 134 valence electrons. The summed E-state index contributed by atoms with van der Waals surface area (Å²) < 4.78 is 5.15. The van der Waals surface area contributed by atoms with Gasteiger partial charge in [0.25, 0.3) is 11.8 Å². The average molecular weight is 354 g/mol. The van der Waals surface area contributed by atoms with Gasteiger partial charge in [0.15, 0.2) is 11.8 Å². The number of carbonyl (C=O) groups excluding carboxylic acids is 2. The van der Waals surface area contributed by atoms with Gasteiger partial charge in [-0.15, -0.1) is 0 Å². The summed E-state index contributed by atoms with van der Waals surface area (Å²) in [5, 5.41) is 9.67. The lowest BCUT2D eigenvalue weighted by atomic mass is 10.0. The molecular formula is C19H18N2O5. The molecule has 1 aromatic heterocycles. The first-order chi connectivity index (χ1) is 12.6. The van der Waals surface area contributed by atoms with E-state index in [0.29, 0.717) is 37.1 Å². The monoisotopic (exact) mass is 354 g/mol. The molecule has 7 nitrogen and oxygen atoms in total. The van der Waals surface area contributed by atoms with Crippen molar-refractivity contribution in [1.82, 2.24) is 9.80 Å². The number of likely N-dealkylation sites (tertiary alicyclic amines) is 1. The van der Waals surface area contributed by atoms with E-state index in [4.69, 9.17) is 4.42 Å². The van der Waals surface area contributed by atoms with E-state index in [1.165, 1.54) is 11.2 Å². The Hall–Kier alpha value is -3.09. The second kappa shape index (κ2) is 6.33. The number of furan rings is 1. The zero-order chi connectivity index (χ0) is 18.3. The normalized spacial score (nSPS) is 20.3. The van der Waals surface area contributed by atoms with Gasteiger partial charge in [-0.1, -0.05) is 18.2 Å². The molecule has 1 fully saturated rings. The summed E-state index contributed by atoms with van der Waals surface area (Å²) in [6.45, 7) is 0.910. The Balaban J connectivity index is 1.51. The highest BCUT2D eigenvalue weighted by Crippen LogP contribution is 2.37. The van der Waals surface area contributed by atoms with Crippen molar-refractivity contribution in [3.8, 4) is 0 Å². The summed E-state index contributed by atoms with van der Waals surface area (Å²) in [6.07, 6.45) is 2.53. The van der Waals surface area contributed by atoms with Crippen LogP contribution in [0.5, 0.6) is 0 Å². The van der Waals surface area contributed by atoms with E-state index in [1.807, 2.05) is 0 Å². The molecule has 3 heterocycles. The zero-order valence-corrected chi connectivity index (χ0v) is 14.0.